The summed E-state index contributed by atoms with van der Waals surface area (Å²) < 4.78 is 14.1. The summed E-state index contributed by atoms with van der Waals surface area (Å²) in [6.45, 7) is 2.11. The van der Waals surface area contributed by atoms with Crippen LogP contribution in [0.15, 0.2) is 78.9 Å². The standard InChI is InChI=1S/C24H31BNO3P/c1-18(23(27)19-12-7-5-8-13-19)26(2)30(25,20-14-9-6-10-15-20)24-21(28-3)16-11-17-22(24)29-4/h5-18,23,27H,1-4,25H3/t18-,23-,30?/m1/s1. The number of aliphatic hydroxyl groups is 1. The first-order valence-electron chi connectivity index (χ1n) is 9.60. The van der Waals surface area contributed by atoms with E-state index in [4.69, 9.17) is 9.47 Å². The van der Waals surface area contributed by atoms with Gasteiger partial charge in [-0.05, 0) is 44.0 Å². The van der Waals surface area contributed by atoms with Gasteiger partial charge in [0, 0.05) is 7.05 Å². The fourth-order valence-electron chi connectivity index (χ4n) is 3.39. The van der Waals surface area contributed by atoms with Crippen molar-refractivity contribution in [2.45, 2.75) is 19.1 Å². The molecule has 3 aromatic rings. The van der Waals surface area contributed by atoms with Crippen LogP contribution in [0.3, 0.4) is 0 Å². The molecule has 0 spiro atoms. The Morgan fingerprint density at radius 1 is 0.833 bits per heavy atom. The van der Waals surface area contributed by atoms with Gasteiger partial charge in [0.1, 0.15) is 0 Å². The Labute approximate surface area is 181 Å². The van der Waals surface area contributed by atoms with Gasteiger partial charge in [-0.25, -0.2) is 4.67 Å². The van der Waals surface area contributed by atoms with Gasteiger partial charge in [0.2, 0.25) is 0 Å². The van der Waals surface area contributed by atoms with Gasteiger partial charge >= 0.3 is 0 Å². The van der Waals surface area contributed by atoms with E-state index in [9.17, 15) is 5.11 Å². The fourth-order valence-corrected chi connectivity index (χ4v) is 6.03. The molecule has 158 valence electrons. The minimum absolute atomic E-state index is 0.0759. The van der Waals surface area contributed by atoms with E-state index in [2.05, 4.69) is 49.0 Å². The zero-order valence-electron chi connectivity index (χ0n) is 17.3. The molecule has 0 aliphatic rings. The topological polar surface area (TPSA) is 41.9 Å². The molecule has 4 nitrogen and oxygen atoms in total. The van der Waals surface area contributed by atoms with Crippen LogP contribution in [0.25, 0.3) is 0 Å². The van der Waals surface area contributed by atoms with Gasteiger partial charge in [0.15, 0.2) is 24.4 Å². The maximum atomic E-state index is 11.2. The van der Waals surface area contributed by atoms with E-state index in [1.54, 1.807) is 14.2 Å². The van der Waals surface area contributed by atoms with E-state index in [1.165, 1.54) is 5.30 Å². The van der Waals surface area contributed by atoms with Gasteiger partial charge in [0.05, 0.1) is 31.7 Å². The van der Waals surface area contributed by atoms with Gasteiger partial charge in [-0.15, -0.1) is 0 Å². The molecule has 3 aromatic carbocycles. The third-order valence-corrected chi connectivity index (χ3v) is 7.76. The van der Waals surface area contributed by atoms with Crippen LogP contribution in [0, 0.1) is 0 Å². The summed E-state index contributed by atoms with van der Waals surface area (Å²) in [5.41, 5.74) is 0.934. The molecule has 3 atom stereocenters. The van der Waals surface area contributed by atoms with E-state index < -0.39 is 13.4 Å². The molecule has 6 heteroatoms. The van der Waals surface area contributed by atoms with Crippen LogP contribution in [-0.4, -0.2) is 44.7 Å². The first kappa shape index (κ1) is 22.4. The molecular weight excluding hydrogens is 392 g/mol. The maximum Gasteiger partial charge on any atom is 0.162 e. The summed E-state index contributed by atoms with van der Waals surface area (Å²) in [5, 5.41) is 13.7. The molecule has 0 heterocycles. The summed E-state index contributed by atoms with van der Waals surface area (Å²) in [4.78, 5) is 0. The zero-order chi connectivity index (χ0) is 21.7. The van der Waals surface area contributed by atoms with Gasteiger partial charge in [-0.3, -0.25) is 0 Å². The van der Waals surface area contributed by atoms with E-state index in [1.807, 2.05) is 48.5 Å². The predicted octanol–water partition coefficient (Wildman–Crippen LogP) is 2.92. The Morgan fingerprint density at radius 2 is 1.33 bits per heavy atom. The summed E-state index contributed by atoms with van der Waals surface area (Å²) in [5.74, 6) is 1.71. The molecule has 0 bridgehead atoms. The highest BCUT2D eigenvalue weighted by Crippen LogP contribution is 2.59. The van der Waals surface area contributed by atoms with Crippen molar-refractivity contribution < 1.29 is 14.6 Å². The SMILES string of the molecule is [BH3-][P+](c1ccccc1)(c1c(OC)cccc1OC)N(C)[C@H](C)[C@@H](O)c1ccccc1. The third kappa shape index (κ3) is 4.11. The lowest BCUT2D eigenvalue weighted by Gasteiger charge is -2.43. The first-order valence-corrected chi connectivity index (χ1v) is 10.9. The molecule has 0 radical (unpaired) electrons. The average molecular weight is 423 g/mol. The molecule has 3 rings (SSSR count). The van der Waals surface area contributed by atoms with Crippen LogP contribution in [0.5, 0.6) is 11.5 Å². The number of nitrogens with zero attached hydrogens (tertiary/aromatic N) is 1. The molecule has 30 heavy (non-hydrogen) atoms. The van der Waals surface area contributed by atoms with Crippen molar-refractivity contribution in [3.05, 3.63) is 84.4 Å². The Kier molecular flexibility index (Phi) is 7.20. The van der Waals surface area contributed by atoms with Gasteiger partial charge < -0.3 is 14.6 Å². The molecule has 1 unspecified atom stereocenters. The van der Waals surface area contributed by atoms with Crippen molar-refractivity contribution in [3.63, 3.8) is 0 Å². The third-order valence-electron chi connectivity index (χ3n) is 5.12. The minimum Gasteiger partial charge on any atom is -0.493 e. The van der Waals surface area contributed by atoms with Crippen molar-refractivity contribution >= 4 is 25.5 Å². The average Bonchev–Trinajstić information content (AvgIpc) is 2.82. The number of hydrogen-bond acceptors (Lipinski definition) is 4. The Morgan fingerprint density at radius 3 is 1.83 bits per heavy atom. The highest BCUT2D eigenvalue weighted by molar-refractivity contribution is 8.07. The van der Waals surface area contributed by atoms with E-state index >= 15 is 0 Å². The number of aliphatic hydroxyl groups excluding tert-OH is 1. The second-order valence-corrected chi connectivity index (χ2v) is 9.05. The van der Waals surface area contributed by atoms with Gasteiger partial charge in [0.25, 0.3) is 0 Å². The number of hydrogen-bond donors (Lipinski definition) is 1. The van der Waals surface area contributed by atoms with Crippen molar-refractivity contribution in [2.24, 2.45) is 0 Å². The number of benzene rings is 3. The van der Waals surface area contributed by atoms with E-state index in [-0.39, 0.29) is 13.6 Å². The smallest absolute Gasteiger partial charge is 0.162 e. The largest absolute Gasteiger partial charge is 0.493 e. The van der Waals surface area contributed by atoms with Crippen LogP contribution in [-0.2, 0) is 0 Å². The lowest BCUT2D eigenvalue weighted by Crippen LogP contribution is -2.43. The second-order valence-electron chi connectivity index (χ2n) is 6.83. The van der Waals surface area contributed by atoms with Crippen LogP contribution >= 0.6 is 7.29 Å². The van der Waals surface area contributed by atoms with Gasteiger partial charge in [-0.1, -0.05) is 54.6 Å². The quantitative estimate of drug-likeness (QED) is 0.447. The predicted molar refractivity (Wildman–Crippen MR) is 131 cm³/mol. The van der Waals surface area contributed by atoms with Crippen LogP contribution in [0.1, 0.15) is 18.6 Å². The van der Waals surface area contributed by atoms with Crippen LogP contribution in [0.4, 0.5) is 0 Å². The lowest BCUT2D eigenvalue weighted by atomic mass is 10.0. The van der Waals surface area contributed by atoms with Gasteiger partial charge in [-0.2, -0.15) is 0 Å². The lowest BCUT2D eigenvalue weighted by molar-refractivity contribution is 0.110. The number of rotatable bonds is 8. The summed E-state index contributed by atoms with van der Waals surface area (Å²) >= 11 is 0. The summed E-state index contributed by atoms with van der Waals surface area (Å²) in [6.07, 6.45) is -0.585. The number of methoxy groups -OCH3 is 2. The number of ether oxygens (including phenoxy) is 2. The zero-order valence-corrected chi connectivity index (χ0v) is 18.2. The molecular formula is C24H31BNO3P. The summed E-state index contributed by atoms with van der Waals surface area (Å²) in [7, 11) is 3.39. The highest BCUT2D eigenvalue weighted by Gasteiger charge is 2.44. The monoisotopic (exact) mass is 423 g/mol. The Bertz CT molecular complexity index is 935. The molecule has 0 aliphatic carbocycles. The molecule has 0 saturated heterocycles. The van der Waals surface area contributed by atoms with E-state index in [0.29, 0.717) is 0 Å². The second kappa shape index (κ2) is 9.66. The van der Waals surface area contributed by atoms with Crippen LogP contribution < -0.4 is 20.1 Å². The molecule has 0 aromatic heterocycles. The Hall–Kier alpha value is -2.33. The molecule has 1 N–H and O–H groups in total. The van der Waals surface area contributed by atoms with Crippen molar-refractivity contribution in [2.75, 3.05) is 21.3 Å². The first-order chi connectivity index (χ1) is 14.4. The minimum atomic E-state index is -1.93. The molecule has 0 fully saturated rings. The van der Waals surface area contributed by atoms with Crippen molar-refractivity contribution in [1.82, 2.24) is 4.67 Å². The Balaban J connectivity index is 2.17. The van der Waals surface area contributed by atoms with Crippen molar-refractivity contribution in [1.29, 1.82) is 0 Å². The molecule has 0 saturated carbocycles. The summed E-state index contributed by atoms with van der Waals surface area (Å²) in [6, 6.07) is 26.5. The maximum absolute atomic E-state index is 11.2. The molecule has 0 aliphatic heterocycles. The highest BCUT2D eigenvalue weighted by atomic mass is 31.2. The van der Waals surface area contributed by atoms with Crippen molar-refractivity contribution in [3.8, 4) is 11.5 Å². The van der Waals surface area contributed by atoms with Crippen LogP contribution in [0.2, 0.25) is 0 Å². The molecule has 0 amide bonds. The van der Waals surface area contributed by atoms with E-state index in [0.717, 1.165) is 22.4 Å². The fraction of sp³-hybridized carbons (Fsp3) is 0.250. The normalized spacial score (nSPS) is 15.3. The number of likely N-dealkylation sites (N-methyl/N-ethyl adjacent to an activating group) is 1.